The van der Waals surface area contributed by atoms with E-state index in [1.54, 1.807) is 0 Å². The molecule has 1 aliphatic heterocycles. The van der Waals surface area contributed by atoms with Crippen molar-refractivity contribution in [3.8, 4) is 6.07 Å². The number of halogens is 1. The van der Waals surface area contributed by atoms with E-state index in [-0.39, 0.29) is 0 Å². The van der Waals surface area contributed by atoms with Crippen molar-refractivity contribution in [2.24, 2.45) is 0 Å². The van der Waals surface area contributed by atoms with E-state index in [2.05, 4.69) is 70.5 Å². The fourth-order valence-electron chi connectivity index (χ4n) is 3.96. The van der Waals surface area contributed by atoms with Crippen molar-refractivity contribution in [2.45, 2.75) is 6.42 Å². The molecule has 1 aliphatic rings. The van der Waals surface area contributed by atoms with Gasteiger partial charge in [0.2, 0.25) is 0 Å². The van der Waals surface area contributed by atoms with E-state index in [0.29, 0.717) is 10.6 Å². The van der Waals surface area contributed by atoms with Crippen molar-refractivity contribution in [2.75, 3.05) is 37.6 Å². The SMILES string of the molecule is N#CC(=Cc1ccc(N2CCN(CCc3ccccc3)CC2)cc1)c1ccccc1Cl. The Kier molecular flexibility index (Phi) is 7.04. The highest BCUT2D eigenvalue weighted by molar-refractivity contribution is 6.32. The van der Waals surface area contributed by atoms with Crippen molar-refractivity contribution < 1.29 is 0 Å². The maximum absolute atomic E-state index is 9.58. The van der Waals surface area contributed by atoms with Crippen LogP contribution in [0.15, 0.2) is 78.9 Å². The van der Waals surface area contributed by atoms with Crippen LogP contribution in [0.2, 0.25) is 5.02 Å². The second-order valence-corrected chi connectivity index (χ2v) is 8.21. The minimum Gasteiger partial charge on any atom is -0.369 e. The highest BCUT2D eigenvalue weighted by Crippen LogP contribution is 2.26. The third kappa shape index (κ3) is 5.55. The van der Waals surface area contributed by atoms with E-state index in [1.165, 1.54) is 11.3 Å². The minimum absolute atomic E-state index is 0.574. The Bertz CT molecular complexity index is 1060. The summed E-state index contributed by atoms with van der Waals surface area (Å²) in [6.45, 7) is 5.35. The van der Waals surface area contributed by atoms with E-state index in [0.717, 1.165) is 50.3 Å². The van der Waals surface area contributed by atoms with Gasteiger partial charge in [-0.1, -0.05) is 72.3 Å². The van der Waals surface area contributed by atoms with Crippen LogP contribution in [0.1, 0.15) is 16.7 Å². The molecule has 31 heavy (non-hydrogen) atoms. The summed E-state index contributed by atoms with van der Waals surface area (Å²) in [5.41, 5.74) is 4.98. The Morgan fingerprint density at radius 1 is 0.871 bits per heavy atom. The number of hydrogen-bond acceptors (Lipinski definition) is 3. The average Bonchev–Trinajstić information content (AvgIpc) is 2.83. The van der Waals surface area contributed by atoms with Crippen LogP contribution in [0.25, 0.3) is 11.6 Å². The number of rotatable bonds is 6. The van der Waals surface area contributed by atoms with Gasteiger partial charge in [-0.3, -0.25) is 4.90 Å². The monoisotopic (exact) mass is 427 g/mol. The lowest BCUT2D eigenvalue weighted by molar-refractivity contribution is 0.261. The van der Waals surface area contributed by atoms with Crippen LogP contribution in [-0.4, -0.2) is 37.6 Å². The molecule has 1 saturated heterocycles. The first-order valence-electron chi connectivity index (χ1n) is 10.7. The molecule has 156 valence electrons. The summed E-state index contributed by atoms with van der Waals surface area (Å²) in [5, 5.41) is 10.2. The number of allylic oxidation sites excluding steroid dienone is 1. The van der Waals surface area contributed by atoms with Gasteiger partial charge in [-0.05, 0) is 41.8 Å². The van der Waals surface area contributed by atoms with Gasteiger partial charge in [-0.15, -0.1) is 0 Å². The van der Waals surface area contributed by atoms with Crippen LogP contribution in [-0.2, 0) is 6.42 Å². The number of anilines is 1. The van der Waals surface area contributed by atoms with Crippen LogP contribution in [0.5, 0.6) is 0 Å². The third-order valence-corrected chi connectivity index (χ3v) is 6.12. The molecule has 3 aromatic carbocycles. The molecule has 0 radical (unpaired) electrons. The fraction of sp³-hybridized carbons (Fsp3) is 0.222. The third-order valence-electron chi connectivity index (χ3n) is 5.79. The predicted octanol–water partition coefficient (Wildman–Crippen LogP) is 5.77. The zero-order chi connectivity index (χ0) is 21.5. The summed E-state index contributed by atoms with van der Waals surface area (Å²) in [6, 6.07) is 28.9. The summed E-state index contributed by atoms with van der Waals surface area (Å²) in [6.07, 6.45) is 3.00. The van der Waals surface area contributed by atoms with Crippen LogP contribution < -0.4 is 4.90 Å². The first-order chi connectivity index (χ1) is 15.2. The van der Waals surface area contributed by atoms with Crippen LogP contribution in [0, 0.1) is 11.3 Å². The normalized spacial score (nSPS) is 15.0. The molecule has 0 aliphatic carbocycles. The highest BCUT2D eigenvalue weighted by Gasteiger charge is 2.17. The summed E-state index contributed by atoms with van der Waals surface area (Å²) in [7, 11) is 0. The van der Waals surface area contributed by atoms with Gasteiger partial charge in [0.05, 0.1) is 11.6 Å². The Balaban J connectivity index is 1.35. The molecule has 0 unspecified atom stereocenters. The summed E-state index contributed by atoms with van der Waals surface area (Å²) >= 11 is 6.26. The van der Waals surface area contributed by atoms with E-state index in [4.69, 9.17) is 11.6 Å². The van der Waals surface area contributed by atoms with E-state index in [1.807, 2.05) is 30.3 Å². The van der Waals surface area contributed by atoms with Gasteiger partial charge in [0.25, 0.3) is 0 Å². The van der Waals surface area contributed by atoms with Gasteiger partial charge < -0.3 is 4.90 Å². The highest BCUT2D eigenvalue weighted by atomic mass is 35.5. The Morgan fingerprint density at radius 3 is 2.23 bits per heavy atom. The molecule has 4 rings (SSSR count). The summed E-state index contributed by atoms with van der Waals surface area (Å²) in [5.74, 6) is 0. The second kappa shape index (κ2) is 10.3. The average molecular weight is 428 g/mol. The van der Waals surface area contributed by atoms with Crippen molar-refractivity contribution in [3.63, 3.8) is 0 Å². The Morgan fingerprint density at radius 2 is 1.55 bits per heavy atom. The summed E-state index contributed by atoms with van der Waals surface area (Å²) in [4.78, 5) is 4.98. The molecule has 3 nitrogen and oxygen atoms in total. The van der Waals surface area contributed by atoms with Crippen LogP contribution >= 0.6 is 11.6 Å². The van der Waals surface area contributed by atoms with Gasteiger partial charge in [0.15, 0.2) is 0 Å². The van der Waals surface area contributed by atoms with E-state index >= 15 is 0 Å². The van der Waals surface area contributed by atoms with E-state index in [9.17, 15) is 5.26 Å². The first kappa shape index (κ1) is 21.2. The lowest BCUT2D eigenvalue weighted by atomic mass is 10.0. The van der Waals surface area contributed by atoms with Gasteiger partial charge in [0.1, 0.15) is 0 Å². The number of piperazine rings is 1. The first-order valence-corrected chi connectivity index (χ1v) is 11.1. The number of nitriles is 1. The molecule has 0 amide bonds. The maximum Gasteiger partial charge on any atom is 0.0998 e. The van der Waals surface area contributed by atoms with Crippen molar-refractivity contribution in [3.05, 3.63) is 101 Å². The number of nitrogens with zero attached hydrogens (tertiary/aromatic N) is 3. The molecule has 1 heterocycles. The smallest absolute Gasteiger partial charge is 0.0998 e. The zero-order valence-corrected chi connectivity index (χ0v) is 18.3. The predicted molar refractivity (Wildman–Crippen MR) is 130 cm³/mol. The maximum atomic E-state index is 9.58. The summed E-state index contributed by atoms with van der Waals surface area (Å²) < 4.78 is 0. The number of hydrogen-bond donors (Lipinski definition) is 0. The minimum atomic E-state index is 0.574. The second-order valence-electron chi connectivity index (χ2n) is 7.81. The lowest BCUT2D eigenvalue weighted by Crippen LogP contribution is -2.47. The molecule has 4 heteroatoms. The molecule has 0 aromatic heterocycles. The lowest BCUT2D eigenvalue weighted by Gasteiger charge is -2.36. The molecular formula is C27H26ClN3. The topological polar surface area (TPSA) is 30.3 Å². The zero-order valence-electron chi connectivity index (χ0n) is 17.5. The van der Waals surface area contributed by atoms with Crippen LogP contribution in [0.3, 0.4) is 0 Å². The molecule has 0 N–H and O–H groups in total. The standard InChI is InChI=1S/C27H26ClN3/c28-27-9-5-4-8-26(27)24(21-29)20-23-10-12-25(13-11-23)31-18-16-30(17-19-31)15-14-22-6-2-1-3-7-22/h1-13,20H,14-19H2. The molecular weight excluding hydrogens is 402 g/mol. The molecule has 0 saturated carbocycles. The Labute approximate surface area is 189 Å². The quantitative estimate of drug-likeness (QED) is 0.369. The van der Waals surface area contributed by atoms with Crippen molar-refractivity contribution >= 4 is 28.9 Å². The van der Waals surface area contributed by atoms with Crippen molar-refractivity contribution in [1.82, 2.24) is 4.90 Å². The molecule has 0 bridgehead atoms. The fourth-order valence-corrected chi connectivity index (χ4v) is 4.20. The van der Waals surface area contributed by atoms with Gasteiger partial charge in [0, 0.05) is 49.0 Å². The molecule has 0 spiro atoms. The van der Waals surface area contributed by atoms with Gasteiger partial charge >= 0.3 is 0 Å². The number of benzene rings is 3. The van der Waals surface area contributed by atoms with Gasteiger partial charge in [-0.2, -0.15) is 5.26 Å². The molecule has 0 atom stereocenters. The van der Waals surface area contributed by atoms with Crippen molar-refractivity contribution in [1.29, 1.82) is 5.26 Å². The molecule has 1 fully saturated rings. The molecule has 3 aromatic rings. The van der Waals surface area contributed by atoms with Crippen LogP contribution in [0.4, 0.5) is 5.69 Å². The van der Waals surface area contributed by atoms with E-state index < -0.39 is 0 Å². The largest absolute Gasteiger partial charge is 0.369 e. The Hall–Kier alpha value is -3.06. The van der Waals surface area contributed by atoms with Gasteiger partial charge in [-0.25, -0.2) is 0 Å².